The molecular formula is C15H19NO5P2. The second-order valence-corrected chi connectivity index (χ2v) is 10.2. The molecule has 0 aliphatic rings. The van der Waals surface area contributed by atoms with E-state index < -0.39 is 20.4 Å². The SMILES string of the molecule is CP(=O)(O)C(C[n+]1cccc(Cc2ccccc2)c1)P(=O)([O-])O. The molecule has 0 bridgehead atoms. The summed E-state index contributed by atoms with van der Waals surface area (Å²) in [5.41, 5.74) is 2.03. The van der Waals surface area contributed by atoms with E-state index in [1.807, 2.05) is 36.4 Å². The zero-order valence-electron chi connectivity index (χ0n) is 12.6. The molecule has 0 fully saturated rings. The Hall–Kier alpha value is -1.29. The maximum Gasteiger partial charge on any atom is 0.215 e. The zero-order chi connectivity index (χ0) is 17.1. The number of pyridine rings is 1. The Morgan fingerprint density at radius 2 is 1.70 bits per heavy atom. The molecule has 0 radical (unpaired) electrons. The van der Waals surface area contributed by atoms with Crippen LogP contribution in [-0.4, -0.2) is 21.9 Å². The van der Waals surface area contributed by atoms with Gasteiger partial charge in [-0.2, -0.15) is 0 Å². The summed E-state index contributed by atoms with van der Waals surface area (Å²) in [4.78, 5) is 30.2. The lowest BCUT2D eigenvalue weighted by atomic mass is 10.1. The second-order valence-electron chi connectivity index (χ2n) is 5.56. The molecule has 8 heteroatoms. The fraction of sp³-hybridized carbons (Fsp3) is 0.267. The third-order valence-corrected chi connectivity index (χ3v) is 7.82. The summed E-state index contributed by atoms with van der Waals surface area (Å²) < 4.78 is 24.7. The van der Waals surface area contributed by atoms with Crippen LogP contribution in [0.2, 0.25) is 0 Å². The third-order valence-electron chi connectivity index (χ3n) is 3.47. The van der Waals surface area contributed by atoms with Crippen molar-refractivity contribution >= 4 is 15.0 Å². The summed E-state index contributed by atoms with van der Waals surface area (Å²) in [6, 6.07) is 13.4. The molecule has 6 nitrogen and oxygen atoms in total. The van der Waals surface area contributed by atoms with E-state index in [1.165, 1.54) is 4.57 Å². The maximum atomic E-state index is 11.8. The summed E-state index contributed by atoms with van der Waals surface area (Å²) in [6.07, 6.45) is 3.97. The Morgan fingerprint density at radius 3 is 2.26 bits per heavy atom. The Bertz CT molecular complexity index is 731. The van der Waals surface area contributed by atoms with E-state index in [-0.39, 0.29) is 6.54 Å². The third kappa shape index (κ3) is 5.38. The number of nitrogens with zero attached hydrogens (tertiary/aromatic N) is 1. The van der Waals surface area contributed by atoms with E-state index in [4.69, 9.17) is 0 Å². The van der Waals surface area contributed by atoms with E-state index in [0.29, 0.717) is 6.42 Å². The van der Waals surface area contributed by atoms with Crippen molar-refractivity contribution < 1.29 is 28.4 Å². The minimum atomic E-state index is -4.93. The van der Waals surface area contributed by atoms with Crippen molar-refractivity contribution in [2.75, 3.05) is 6.66 Å². The van der Waals surface area contributed by atoms with Crippen molar-refractivity contribution in [2.45, 2.75) is 18.4 Å². The van der Waals surface area contributed by atoms with Crippen molar-refractivity contribution in [3.8, 4) is 0 Å². The lowest BCUT2D eigenvalue weighted by molar-refractivity contribution is -0.695. The van der Waals surface area contributed by atoms with Crippen LogP contribution in [0.15, 0.2) is 54.9 Å². The molecule has 0 amide bonds. The van der Waals surface area contributed by atoms with Crippen molar-refractivity contribution in [3.05, 3.63) is 66.0 Å². The zero-order valence-corrected chi connectivity index (χ0v) is 14.4. The van der Waals surface area contributed by atoms with Gasteiger partial charge in [0.1, 0.15) is 0 Å². The average molecular weight is 355 g/mol. The van der Waals surface area contributed by atoms with Crippen molar-refractivity contribution in [2.24, 2.45) is 0 Å². The van der Waals surface area contributed by atoms with Crippen LogP contribution in [0.4, 0.5) is 0 Å². The Labute approximate surface area is 135 Å². The largest absolute Gasteiger partial charge is 0.778 e. The Balaban J connectivity index is 2.22. The molecule has 0 saturated heterocycles. The van der Waals surface area contributed by atoms with E-state index in [0.717, 1.165) is 17.8 Å². The molecule has 0 saturated carbocycles. The number of benzene rings is 1. The first-order valence-corrected chi connectivity index (χ1v) is 10.8. The topological polar surface area (TPSA) is 102 Å². The minimum absolute atomic E-state index is 0.274. The van der Waals surface area contributed by atoms with Gasteiger partial charge < -0.3 is 19.2 Å². The normalized spacial score (nSPS) is 17.9. The number of rotatable bonds is 6. The first-order valence-electron chi connectivity index (χ1n) is 7.01. The first kappa shape index (κ1) is 18.1. The van der Waals surface area contributed by atoms with Gasteiger partial charge in [-0.05, 0) is 11.6 Å². The Morgan fingerprint density at radius 1 is 1.09 bits per heavy atom. The smallest absolute Gasteiger partial charge is 0.215 e. The predicted octanol–water partition coefficient (Wildman–Crippen LogP) is 1.34. The van der Waals surface area contributed by atoms with Crippen LogP contribution in [-0.2, 0) is 22.1 Å². The predicted molar refractivity (Wildman–Crippen MR) is 85.2 cm³/mol. The van der Waals surface area contributed by atoms with Gasteiger partial charge in [-0.1, -0.05) is 30.3 Å². The monoisotopic (exact) mass is 355 g/mol. The van der Waals surface area contributed by atoms with Crippen LogP contribution in [0.1, 0.15) is 11.1 Å². The fourth-order valence-electron chi connectivity index (χ4n) is 2.34. The average Bonchev–Trinajstić information content (AvgIpc) is 2.44. The van der Waals surface area contributed by atoms with E-state index in [1.54, 1.807) is 18.5 Å². The summed E-state index contributed by atoms with van der Waals surface area (Å²) in [6.45, 7) is 0.664. The Kier molecular flexibility index (Phi) is 5.56. The minimum Gasteiger partial charge on any atom is -0.778 e. The molecule has 23 heavy (non-hydrogen) atoms. The summed E-state index contributed by atoms with van der Waals surface area (Å²) in [5, 5.41) is -1.72. The molecule has 3 unspecified atom stereocenters. The standard InChI is InChI=1S/C15H19NO5P2/c1-22(17,18)15(23(19,20)21)12-16-9-5-8-14(11-16)10-13-6-3-2-4-7-13/h2-9,11,15H,10,12H2,1H3,(H2-,17,18,19,20,21). The molecule has 3 atom stereocenters. The van der Waals surface area contributed by atoms with Gasteiger partial charge in [0.05, 0.1) is 0 Å². The molecular weight excluding hydrogens is 336 g/mol. The maximum absolute atomic E-state index is 11.8. The second kappa shape index (κ2) is 7.08. The molecule has 2 N–H and O–H groups in total. The van der Waals surface area contributed by atoms with Gasteiger partial charge in [-0.15, -0.1) is 0 Å². The van der Waals surface area contributed by atoms with Crippen molar-refractivity contribution in [3.63, 3.8) is 0 Å². The van der Waals surface area contributed by atoms with Gasteiger partial charge in [0.15, 0.2) is 31.9 Å². The highest BCUT2D eigenvalue weighted by molar-refractivity contribution is 7.72. The number of hydrogen-bond donors (Lipinski definition) is 2. The van der Waals surface area contributed by atoms with Crippen LogP contribution >= 0.6 is 15.0 Å². The van der Waals surface area contributed by atoms with E-state index in [2.05, 4.69) is 0 Å². The molecule has 2 aromatic rings. The fourth-order valence-corrected chi connectivity index (χ4v) is 5.39. The van der Waals surface area contributed by atoms with Gasteiger partial charge in [0.2, 0.25) is 7.37 Å². The molecule has 2 rings (SSSR count). The van der Waals surface area contributed by atoms with Gasteiger partial charge in [0.25, 0.3) is 0 Å². The van der Waals surface area contributed by atoms with Gasteiger partial charge in [-0.3, -0.25) is 4.57 Å². The van der Waals surface area contributed by atoms with Crippen molar-refractivity contribution in [1.82, 2.24) is 0 Å². The van der Waals surface area contributed by atoms with Gasteiger partial charge in [0, 0.05) is 24.7 Å². The lowest BCUT2D eigenvalue weighted by Crippen LogP contribution is -2.40. The van der Waals surface area contributed by atoms with Crippen LogP contribution in [0, 0.1) is 0 Å². The van der Waals surface area contributed by atoms with Gasteiger partial charge in [-0.25, -0.2) is 4.57 Å². The summed E-state index contributed by atoms with van der Waals surface area (Å²) >= 11 is 0. The highest BCUT2D eigenvalue weighted by atomic mass is 31.2. The molecule has 0 spiro atoms. The highest BCUT2D eigenvalue weighted by Crippen LogP contribution is 2.57. The highest BCUT2D eigenvalue weighted by Gasteiger charge is 2.37. The molecule has 0 aliphatic heterocycles. The number of hydrogen-bond acceptors (Lipinski definition) is 3. The molecule has 1 heterocycles. The van der Waals surface area contributed by atoms with Crippen LogP contribution in [0.3, 0.4) is 0 Å². The van der Waals surface area contributed by atoms with Gasteiger partial charge >= 0.3 is 0 Å². The van der Waals surface area contributed by atoms with Crippen LogP contribution in [0.5, 0.6) is 0 Å². The molecule has 1 aromatic carbocycles. The van der Waals surface area contributed by atoms with Crippen LogP contribution in [0.25, 0.3) is 0 Å². The van der Waals surface area contributed by atoms with E-state index >= 15 is 0 Å². The first-order chi connectivity index (χ1) is 10.7. The summed E-state index contributed by atoms with van der Waals surface area (Å²) in [7, 11) is -8.92. The molecule has 1 aromatic heterocycles. The quantitative estimate of drug-likeness (QED) is 0.601. The summed E-state index contributed by atoms with van der Waals surface area (Å²) in [5.74, 6) is 0. The van der Waals surface area contributed by atoms with Crippen LogP contribution < -0.4 is 9.46 Å². The molecule has 0 aliphatic carbocycles. The lowest BCUT2D eigenvalue weighted by Gasteiger charge is -2.26. The van der Waals surface area contributed by atoms with E-state index in [9.17, 15) is 23.8 Å². The molecule has 124 valence electrons. The number of aromatic nitrogens is 1. The van der Waals surface area contributed by atoms with Crippen molar-refractivity contribution in [1.29, 1.82) is 0 Å².